The predicted molar refractivity (Wildman–Crippen MR) is 79.3 cm³/mol. The normalized spacial score (nSPS) is 21.6. The molecule has 0 aromatic carbocycles. The van der Waals surface area contributed by atoms with Crippen molar-refractivity contribution in [2.45, 2.75) is 31.7 Å². The van der Waals surface area contributed by atoms with Gasteiger partial charge in [0.25, 0.3) is 5.91 Å². The minimum absolute atomic E-state index is 0.0855. The summed E-state index contributed by atoms with van der Waals surface area (Å²) in [6.45, 7) is 0. The molecule has 1 heterocycles. The van der Waals surface area contributed by atoms with Gasteiger partial charge in [-0.15, -0.1) is 0 Å². The van der Waals surface area contributed by atoms with Crippen molar-refractivity contribution in [1.29, 1.82) is 0 Å². The highest BCUT2D eigenvalue weighted by atomic mass is 16.4. The molecule has 2 N–H and O–H groups in total. The Labute approximate surface area is 124 Å². The molecule has 1 amide bonds. The number of carbonyl (C=O) groups is 2. The fourth-order valence-corrected chi connectivity index (χ4v) is 2.62. The van der Waals surface area contributed by atoms with Gasteiger partial charge in [0.2, 0.25) is 0 Å². The lowest BCUT2D eigenvalue weighted by Crippen LogP contribution is -2.31. The van der Waals surface area contributed by atoms with Crippen molar-refractivity contribution < 1.29 is 14.7 Å². The first-order chi connectivity index (χ1) is 9.97. The second kappa shape index (κ2) is 6.56. The smallest absolute Gasteiger partial charge is 0.306 e. The van der Waals surface area contributed by atoms with Crippen LogP contribution in [0.5, 0.6) is 0 Å². The Balaban J connectivity index is 1.97. The van der Waals surface area contributed by atoms with Gasteiger partial charge in [-0.1, -0.05) is 6.42 Å². The highest BCUT2D eigenvalue weighted by molar-refractivity contribution is 5.93. The van der Waals surface area contributed by atoms with Crippen LogP contribution in [0, 0.1) is 5.92 Å². The zero-order valence-corrected chi connectivity index (χ0v) is 12.4. The summed E-state index contributed by atoms with van der Waals surface area (Å²) in [6, 6.07) is 3.62. The Morgan fingerprint density at radius 3 is 2.67 bits per heavy atom. The van der Waals surface area contributed by atoms with Gasteiger partial charge in [0.1, 0.15) is 5.82 Å². The number of aliphatic carboxylic acids is 1. The first-order valence-corrected chi connectivity index (χ1v) is 7.14. The van der Waals surface area contributed by atoms with Gasteiger partial charge in [0.15, 0.2) is 0 Å². The molecule has 0 aliphatic heterocycles. The molecule has 1 aromatic heterocycles. The summed E-state index contributed by atoms with van der Waals surface area (Å²) in [5.74, 6) is -0.397. The summed E-state index contributed by atoms with van der Waals surface area (Å²) in [4.78, 5) is 28.6. The van der Waals surface area contributed by atoms with Gasteiger partial charge in [-0.25, -0.2) is 4.98 Å². The second-order valence-electron chi connectivity index (χ2n) is 5.67. The Bertz CT molecular complexity index is 513. The maximum atomic E-state index is 11.8. The fourth-order valence-electron chi connectivity index (χ4n) is 2.62. The number of amides is 1. The highest BCUT2D eigenvalue weighted by Crippen LogP contribution is 2.26. The molecule has 0 saturated heterocycles. The Kier molecular flexibility index (Phi) is 4.77. The van der Waals surface area contributed by atoms with Crippen LogP contribution < -0.4 is 5.32 Å². The molecule has 1 aliphatic rings. The predicted octanol–water partition coefficient (Wildman–Crippen LogP) is 1.84. The molecule has 2 atom stereocenters. The number of nitrogens with one attached hydrogen (secondary N) is 1. The molecule has 2 unspecified atom stereocenters. The molecule has 0 radical (unpaired) electrons. The Morgan fingerprint density at radius 1 is 1.33 bits per heavy atom. The maximum Gasteiger partial charge on any atom is 0.306 e. The molecule has 0 spiro atoms. The number of hydrogen-bond donors (Lipinski definition) is 2. The number of carbonyl (C=O) groups excluding carboxylic acids is 1. The number of pyridine rings is 1. The van der Waals surface area contributed by atoms with Crippen LogP contribution in [0.15, 0.2) is 18.3 Å². The summed E-state index contributed by atoms with van der Waals surface area (Å²) >= 11 is 0. The number of nitrogens with zero attached hydrogens (tertiary/aromatic N) is 2. The van der Waals surface area contributed by atoms with E-state index in [1.807, 2.05) is 0 Å². The second-order valence-corrected chi connectivity index (χ2v) is 5.67. The number of anilines is 1. The van der Waals surface area contributed by atoms with Gasteiger partial charge >= 0.3 is 5.97 Å². The lowest BCUT2D eigenvalue weighted by atomic mass is 9.86. The third kappa shape index (κ3) is 3.93. The third-order valence-corrected chi connectivity index (χ3v) is 3.79. The quantitative estimate of drug-likeness (QED) is 0.884. The molecule has 1 aliphatic carbocycles. The molecule has 0 bridgehead atoms. The van der Waals surface area contributed by atoms with Crippen molar-refractivity contribution in [2.75, 3.05) is 19.4 Å². The molecule has 2 rings (SSSR count). The Hall–Kier alpha value is -2.11. The SMILES string of the molecule is CN(C)C(=O)c1ccc(NC2CCCC(C(=O)O)C2)nc1. The molecule has 1 saturated carbocycles. The number of hydrogen-bond acceptors (Lipinski definition) is 4. The van der Waals surface area contributed by atoms with Gasteiger partial charge in [0.05, 0.1) is 11.5 Å². The molecule has 6 heteroatoms. The van der Waals surface area contributed by atoms with Crippen LogP contribution in [-0.2, 0) is 4.79 Å². The van der Waals surface area contributed by atoms with Crippen LogP contribution in [-0.4, -0.2) is 47.0 Å². The van der Waals surface area contributed by atoms with Crippen LogP contribution in [0.25, 0.3) is 0 Å². The van der Waals surface area contributed by atoms with E-state index in [0.29, 0.717) is 17.8 Å². The van der Waals surface area contributed by atoms with E-state index >= 15 is 0 Å². The number of carboxylic acid groups (broad SMARTS) is 1. The number of carboxylic acids is 1. The van der Waals surface area contributed by atoms with Crippen LogP contribution >= 0.6 is 0 Å². The van der Waals surface area contributed by atoms with Crippen molar-refractivity contribution in [2.24, 2.45) is 5.92 Å². The average Bonchev–Trinajstić information content (AvgIpc) is 2.47. The lowest BCUT2D eigenvalue weighted by Gasteiger charge is -2.27. The summed E-state index contributed by atoms with van der Waals surface area (Å²) in [7, 11) is 3.39. The average molecular weight is 291 g/mol. The van der Waals surface area contributed by atoms with Gasteiger partial charge in [-0.2, -0.15) is 0 Å². The van der Waals surface area contributed by atoms with E-state index in [-0.39, 0.29) is 17.9 Å². The van der Waals surface area contributed by atoms with Crippen molar-refractivity contribution in [3.63, 3.8) is 0 Å². The topological polar surface area (TPSA) is 82.5 Å². The zero-order chi connectivity index (χ0) is 15.4. The molecule has 1 aromatic rings. The summed E-state index contributed by atoms with van der Waals surface area (Å²) in [6.07, 6.45) is 4.77. The van der Waals surface area contributed by atoms with Gasteiger partial charge < -0.3 is 15.3 Å². The Morgan fingerprint density at radius 2 is 2.10 bits per heavy atom. The van der Waals surface area contributed by atoms with E-state index in [1.165, 1.54) is 4.90 Å². The van der Waals surface area contributed by atoms with Crippen LogP contribution in [0.4, 0.5) is 5.82 Å². The first kappa shape index (κ1) is 15.3. The van der Waals surface area contributed by atoms with E-state index in [2.05, 4.69) is 10.3 Å². The van der Waals surface area contributed by atoms with E-state index in [4.69, 9.17) is 5.11 Å². The summed E-state index contributed by atoms with van der Waals surface area (Å²) in [5, 5.41) is 12.3. The molecule has 114 valence electrons. The minimum atomic E-state index is -0.721. The summed E-state index contributed by atoms with van der Waals surface area (Å²) in [5.41, 5.74) is 0.539. The van der Waals surface area contributed by atoms with Crippen LogP contribution in [0.2, 0.25) is 0 Å². The van der Waals surface area contributed by atoms with Crippen molar-refractivity contribution >= 4 is 17.7 Å². The van der Waals surface area contributed by atoms with E-state index < -0.39 is 5.97 Å². The largest absolute Gasteiger partial charge is 0.481 e. The van der Waals surface area contributed by atoms with Gasteiger partial charge in [-0.05, 0) is 31.4 Å². The maximum absolute atomic E-state index is 11.8. The first-order valence-electron chi connectivity index (χ1n) is 7.14. The van der Waals surface area contributed by atoms with Crippen LogP contribution in [0.1, 0.15) is 36.0 Å². The monoisotopic (exact) mass is 291 g/mol. The third-order valence-electron chi connectivity index (χ3n) is 3.79. The van der Waals surface area contributed by atoms with E-state index in [1.54, 1.807) is 32.4 Å². The standard InChI is InChI=1S/C15H21N3O3/c1-18(2)14(19)11-6-7-13(16-9-11)17-12-5-3-4-10(8-12)15(20)21/h6-7,9-10,12H,3-5,8H2,1-2H3,(H,16,17)(H,20,21). The highest BCUT2D eigenvalue weighted by Gasteiger charge is 2.26. The molecule has 1 fully saturated rings. The number of aromatic nitrogens is 1. The minimum Gasteiger partial charge on any atom is -0.481 e. The van der Waals surface area contributed by atoms with E-state index in [9.17, 15) is 9.59 Å². The van der Waals surface area contributed by atoms with Crippen molar-refractivity contribution in [3.05, 3.63) is 23.9 Å². The summed E-state index contributed by atoms with van der Waals surface area (Å²) < 4.78 is 0. The lowest BCUT2D eigenvalue weighted by molar-refractivity contribution is -0.142. The van der Waals surface area contributed by atoms with Gasteiger partial charge in [-0.3, -0.25) is 9.59 Å². The van der Waals surface area contributed by atoms with Gasteiger partial charge in [0, 0.05) is 26.3 Å². The molecule has 6 nitrogen and oxygen atoms in total. The van der Waals surface area contributed by atoms with Crippen LogP contribution in [0.3, 0.4) is 0 Å². The fraction of sp³-hybridized carbons (Fsp3) is 0.533. The van der Waals surface area contributed by atoms with Crippen molar-refractivity contribution in [1.82, 2.24) is 9.88 Å². The molecular formula is C15H21N3O3. The zero-order valence-electron chi connectivity index (χ0n) is 12.4. The molecule has 21 heavy (non-hydrogen) atoms. The van der Waals surface area contributed by atoms with Crippen molar-refractivity contribution in [3.8, 4) is 0 Å². The van der Waals surface area contributed by atoms with E-state index in [0.717, 1.165) is 19.3 Å². The molecular weight excluding hydrogens is 270 g/mol. The number of rotatable bonds is 4.